The standard InChI is InChI=1S/C76H52N4O/c1-76(2,3)48-41-42-77-72(43-48)80-68-36-17-16-33-62(68)63-40-39-51(45-71(63)80)81-50-22-20-21-49(44-50)78-47-79(70-38-19-18-37-69(70)78)75-73-64-34-14-12-29-58(64)54-25-6-4-23-52(54)56-27-8-10-31-60(56)66(73)46-67-61-32-11-9-28-57(61)53-24-5-7-26-55(53)59-30-13-15-35-65(59)74(67)75/h4-46H,1-3H3/i4D,5D,6D,7D,12D,13D,14D,15D,23D,24D,25D,26D,29D,30D,34D,35D. The van der Waals surface area contributed by atoms with E-state index in [1.165, 1.54) is 0 Å². The Morgan fingerprint density at radius 1 is 0.420 bits per heavy atom. The molecule has 0 aliphatic heterocycles. The Hall–Kier alpha value is -10.4. The number of fused-ring (bicyclic) bond motifs is 20. The van der Waals surface area contributed by atoms with Crippen molar-refractivity contribution in [2.24, 2.45) is 0 Å². The Morgan fingerprint density at radius 2 is 0.901 bits per heavy atom. The van der Waals surface area contributed by atoms with E-state index in [1.54, 1.807) is 69.8 Å². The van der Waals surface area contributed by atoms with Crippen LogP contribution >= 0.6 is 0 Å². The summed E-state index contributed by atoms with van der Waals surface area (Å²) in [6.07, 6.45) is 5.48. The fraction of sp³-hybridized carbons (Fsp3) is 0.0526. The molecule has 16 rings (SSSR count). The predicted octanol–water partition coefficient (Wildman–Crippen LogP) is 19.6. The van der Waals surface area contributed by atoms with Crippen LogP contribution in [0.1, 0.15) is 48.3 Å². The molecule has 16 aromatic rings. The summed E-state index contributed by atoms with van der Waals surface area (Å²) in [5.41, 5.74) is 4.26. The number of benzene rings is 11. The smallest absolute Gasteiger partial charge is 0.269 e. The molecule has 0 bridgehead atoms. The van der Waals surface area contributed by atoms with Crippen molar-refractivity contribution in [3.63, 3.8) is 0 Å². The highest BCUT2D eigenvalue weighted by atomic mass is 16.5. The lowest BCUT2D eigenvalue weighted by atomic mass is 9.88. The molecular weight excluding hydrogens is 985 g/mol. The number of hydrogen-bond acceptors (Lipinski definition) is 2. The van der Waals surface area contributed by atoms with Crippen LogP contribution < -0.4 is 9.30 Å². The summed E-state index contributed by atoms with van der Waals surface area (Å²) in [5.74, 6) is 1.69. The molecule has 0 saturated carbocycles. The van der Waals surface area contributed by atoms with Gasteiger partial charge >= 0.3 is 0 Å². The van der Waals surface area contributed by atoms with Crippen molar-refractivity contribution in [2.45, 2.75) is 26.2 Å². The van der Waals surface area contributed by atoms with E-state index in [0.717, 1.165) is 33.2 Å². The fourth-order valence-corrected chi connectivity index (χ4v) is 12.0. The zero-order valence-corrected chi connectivity index (χ0v) is 43.8. The van der Waals surface area contributed by atoms with Crippen LogP contribution in [-0.4, -0.2) is 14.1 Å². The van der Waals surface area contributed by atoms with Crippen molar-refractivity contribution in [1.82, 2.24) is 14.1 Å². The highest BCUT2D eigenvalue weighted by molar-refractivity contribution is 6.35. The first-order valence-electron chi connectivity index (χ1n) is 34.5. The van der Waals surface area contributed by atoms with Gasteiger partial charge in [0.2, 0.25) is 0 Å². The topological polar surface area (TPSA) is 35.9 Å². The maximum absolute atomic E-state index is 10.3. The normalized spacial score (nSPS) is 14.9. The van der Waals surface area contributed by atoms with Gasteiger partial charge in [0.1, 0.15) is 17.3 Å². The molecule has 0 spiro atoms. The van der Waals surface area contributed by atoms with E-state index < -0.39 is 96.7 Å². The molecule has 0 N–H and O–H groups in total. The second kappa shape index (κ2) is 18.1. The lowest BCUT2D eigenvalue weighted by Crippen LogP contribution is -2.30. The number of imidazole rings is 1. The molecule has 3 aromatic heterocycles. The molecule has 5 nitrogen and oxygen atoms in total. The highest BCUT2D eigenvalue weighted by Crippen LogP contribution is 2.45. The first kappa shape index (κ1) is 33.2. The zero-order chi connectivity index (χ0) is 67.8. The largest absolute Gasteiger partial charge is 0.458 e. The third kappa shape index (κ3) is 7.32. The average molecular weight is 1050 g/mol. The van der Waals surface area contributed by atoms with Gasteiger partial charge in [-0.25, -0.2) is 4.98 Å². The van der Waals surface area contributed by atoms with Crippen LogP contribution in [0.4, 0.5) is 0 Å². The van der Waals surface area contributed by atoms with Gasteiger partial charge in [0.05, 0.1) is 55.4 Å². The Kier molecular flexibility index (Phi) is 7.41. The lowest BCUT2D eigenvalue weighted by molar-refractivity contribution is -0.569. The van der Waals surface area contributed by atoms with Crippen molar-refractivity contribution < 1.29 is 31.2 Å². The molecule has 5 heteroatoms. The Balaban J connectivity index is 1.10. The van der Waals surface area contributed by atoms with Crippen LogP contribution in [0, 0.1) is 6.33 Å². The van der Waals surface area contributed by atoms with Gasteiger partial charge in [0.25, 0.3) is 6.33 Å². The quantitative estimate of drug-likeness (QED) is 0.127. The van der Waals surface area contributed by atoms with E-state index in [9.17, 15) is 19.2 Å². The van der Waals surface area contributed by atoms with Gasteiger partial charge in [-0.3, -0.25) is 13.7 Å². The molecule has 382 valence electrons. The summed E-state index contributed by atoms with van der Waals surface area (Å²) in [6.45, 7) is 6.49. The van der Waals surface area contributed by atoms with Crippen molar-refractivity contribution in [3.8, 4) is 28.7 Å². The number of aromatic nitrogens is 4. The number of nitrogens with zero attached hydrogens (tertiary/aromatic N) is 4. The molecular formula is C76H52N4O. The summed E-state index contributed by atoms with van der Waals surface area (Å²) >= 11 is 0. The summed E-state index contributed by atoms with van der Waals surface area (Å²) in [6, 6.07) is 38.4. The van der Waals surface area contributed by atoms with E-state index in [1.807, 2.05) is 85.1 Å². The first-order valence-corrected chi connectivity index (χ1v) is 26.5. The van der Waals surface area contributed by atoms with E-state index in [0.29, 0.717) is 39.0 Å². The molecule has 3 heterocycles. The molecule has 0 saturated heterocycles. The molecule has 0 fully saturated rings. The molecule has 0 aliphatic rings. The van der Waals surface area contributed by atoms with Crippen molar-refractivity contribution >= 4 is 119 Å². The molecule has 81 heavy (non-hydrogen) atoms. The van der Waals surface area contributed by atoms with E-state index >= 15 is 0 Å². The van der Waals surface area contributed by atoms with Crippen LogP contribution in [0.2, 0.25) is 0 Å². The monoisotopic (exact) mass is 1050 g/mol. The van der Waals surface area contributed by atoms with Crippen LogP contribution in [0.15, 0.2) is 261 Å². The van der Waals surface area contributed by atoms with Crippen molar-refractivity contribution in [2.75, 3.05) is 0 Å². The molecule has 0 amide bonds. The SMILES string of the molecule is [2H]c1c([2H])c([2H])c2c(c1[2H])c1ccccc1c1cc3c4ccccc4c4c([2H])c([2H])c([2H])c([2H])c4c4c([2H])c([2H])c([2H])c([2H])c4c3c(-[n+]3[c-]n(-c4cccc(Oc5ccc6c7ccccc7n(-c7cc(C(C)(C)C)ccn7)c6c5)c4)c4ccccc43)c1c1c([2H])c([2H])c([2H])c([2H])c21. The average Bonchev–Trinajstić information content (AvgIpc) is 1.17. The molecule has 0 radical (unpaired) electrons. The molecule has 0 atom stereocenters. The molecule has 0 unspecified atom stereocenters. The van der Waals surface area contributed by atoms with Gasteiger partial charge in [0, 0.05) is 33.8 Å². The van der Waals surface area contributed by atoms with Gasteiger partial charge in [-0.05, 0) is 141 Å². The first-order chi connectivity index (χ1) is 46.5. The zero-order valence-electron chi connectivity index (χ0n) is 59.8. The molecule has 0 aliphatic carbocycles. The van der Waals surface area contributed by atoms with Crippen molar-refractivity contribution in [3.05, 3.63) is 272 Å². The summed E-state index contributed by atoms with van der Waals surface area (Å²) in [4.78, 5) is 4.88. The maximum atomic E-state index is 10.3. The van der Waals surface area contributed by atoms with E-state index in [-0.39, 0.29) is 86.5 Å². The number of para-hydroxylation sites is 3. The molecule has 13 aromatic carbocycles. The van der Waals surface area contributed by atoms with Gasteiger partial charge in [-0.15, -0.1) is 0 Å². The summed E-state index contributed by atoms with van der Waals surface area (Å²) < 4.78 is 166. The van der Waals surface area contributed by atoms with Crippen molar-refractivity contribution in [1.29, 1.82) is 0 Å². The number of rotatable bonds is 5. The van der Waals surface area contributed by atoms with Crippen LogP contribution in [0.5, 0.6) is 11.5 Å². The summed E-state index contributed by atoms with van der Waals surface area (Å²) in [7, 11) is 0. The Labute approximate surface area is 490 Å². The Morgan fingerprint density at radius 3 is 1.49 bits per heavy atom. The minimum Gasteiger partial charge on any atom is -0.458 e. The number of ether oxygens (including phenoxy) is 1. The fourth-order valence-electron chi connectivity index (χ4n) is 12.0. The van der Waals surface area contributed by atoms with Crippen LogP contribution in [0.3, 0.4) is 0 Å². The minimum atomic E-state index is -0.701. The van der Waals surface area contributed by atoms with Crippen LogP contribution in [-0.2, 0) is 5.41 Å². The van der Waals surface area contributed by atoms with E-state index in [4.69, 9.17) is 12.5 Å². The number of pyridine rings is 1. The second-order valence-corrected chi connectivity index (χ2v) is 21.2. The third-order valence-corrected chi connectivity index (χ3v) is 15.6. The predicted molar refractivity (Wildman–Crippen MR) is 339 cm³/mol. The maximum Gasteiger partial charge on any atom is 0.269 e. The second-order valence-electron chi connectivity index (χ2n) is 21.2. The van der Waals surface area contributed by atoms with Gasteiger partial charge in [0.15, 0.2) is 0 Å². The highest BCUT2D eigenvalue weighted by Gasteiger charge is 2.24. The Bertz CT molecular complexity index is 6140. The third-order valence-electron chi connectivity index (χ3n) is 15.6. The van der Waals surface area contributed by atoms with E-state index in [2.05, 4.69) is 49.9 Å². The van der Waals surface area contributed by atoms with Crippen LogP contribution in [0.25, 0.3) is 136 Å². The minimum absolute atomic E-state index is 0.0248. The lowest BCUT2D eigenvalue weighted by Gasteiger charge is -2.20. The summed E-state index contributed by atoms with van der Waals surface area (Å²) in [5, 5.41) is 2.26. The number of hydrogen-bond donors (Lipinski definition) is 0. The van der Waals surface area contributed by atoms with Gasteiger partial charge in [-0.1, -0.05) is 215 Å². The van der Waals surface area contributed by atoms with Gasteiger partial charge < -0.3 is 4.74 Å². The van der Waals surface area contributed by atoms with Gasteiger partial charge in [-0.2, -0.15) is 0 Å².